The van der Waals surface area contributed by atoms with E-state index in [0.29, 0.717) is 22.5 Å². The summed E-state index contributed by atoms with van der Waals surface area (Å²) in [5.41, 5.74) is 4.56. The van der Waals surface area contributed by atoms with Gasteiger partial charge in [0.05, 0.1) is 24.0 Å². The molecule has 0 atom stereocenters. The number of anilines is 2. The first kappa shape index (κ1) is 19.7. The Balaban J connectivity index is 1.52. The Hall–Kier alpha value is -4.20. The third-order valence-electron chi connectivity index (χ3n) is 5.30. The Labute approximate surface area is 184 Å². The van der Waals surface area contributed by atoms with Crippen LogP contribution < -0.4 is 10.1 Å². The molecular weight excluding hydrogens is 407 g/mol. The van der Waals surface area contributed by atoms with Crippen LogP contribution in [0.3, 0.4) is 0 Å². The summed E-state index contributed by atoms with van der Waals surface area (Å²) < 4.78 is 23.4. The highest BCUT2D eigenvalue weighted by Crippen LogP contribution is 2.32. The van der Waals surface area contributed by atoms with E-state index in [9.17, 15) is 4.39 Å². The van der Waals surface area contributed by atoms with Crippen LogP contribution in [0, 0.1) is 12.7 Å². The number of hydrogen-bond acceptors (Lipinski definition) is 5. The Morgan fingerprint density at radius 2 is 1.84 bits per heavy atom. The number of hydrogen-bond donors (Lipinski definition) is 1. The van der Waals surface area contributed by atoms with Crippen molar-refractivity contribution >= 4 is 22.4 Å². The molecule has 1 N–H and O–H groups in total. The molecule has 5 rings (SSSR count). The SMILES string of the molecule is COc1cccc(-c2nc3c(Nc4ccc(-n5cnc(C)n5)cc4)cc(F)cc3n2C)c1. The van der Waals surface area contributed by atoms with Crippen LogP contribution in [0.25, 0.3) is 28.1 Å². The molecule has 0 aliphatic carbocycles. The molecule has 0 spiro atoms. The number of benzene rings is 3. The minimum Gasteiger partial charge on any atom is -0.497 e. The predicted octanol–water partition coefficient (Wildman–Crippen LogP) is 5.02. The van der Waals surface area contributed by atoms with Crippen molar-refractivity contribution in [3.05, 3.63) is 78.6 Å². The fraction of sp³-hybridized carbons (Fsp3) is 0.125. The van der Waals surface area contributed by atoms with Gasteiger partial charge in [0.15, 0.2) is 0 Å². The third kappa shape index (κ3) is 3.56. The van der Waals surface area contributed by atoms with Crippen LogP contribution in [0.15, 0.2) is 67.0 Å². The van der Waals surface area contributed by atoms with Gasteiger partial charge in [0.25, 0.3) is 0 Å². The molecule has 0 aliphatic heterocycles. The number of fused-ring (bicyclic) bond motifs is 1. The van der Waals surface area contributed by atoms with E-state index in [4.69, 9.17) is 9.72 Å². The highest BCUT2D eigenvalue weighted by atomic mass is 19.1. The average molecular weight is 428 g/mol. The van der Waals surface area contributed by atoms with Gasteiger partial charge in [-0.1, -0.05) is 12.1 Å². The smallest absolute Gasteiger partial charge is 0.147 e. The lowest BCUT2D eigenvalue weighted by atomic mass is 10.2. The second kappa shape index (κ2) is 7.81. The van der Waals surface area contributed by atoms with Crippen molar-refractivity contribution < 1.29 is 9.13 Å². The van der Waals surface area contributed by atoms with Crippen LogP contribution in [-0.4, -0.2) is 31.4 Å². The van der Waals surface area contributed by atoms with Gasteiger partial charge in [0, 0.05) is 18.3 Å². The summed E-state index contributed by atoms with van der Waals surface area (Å²) in [6.07, 6.45) is 1.67. The van der Waals surface area contributed by atoms with Crippen molar-refractivity contribution in [2.24, 2.45) is 7.05 Å². The van der Waals surface area contributed by atoms with Crippen molar-refractivity contribution in [2.75, 3.05) is 12.4 Å². The summed E-state index contributed by atoms with van der Waals surface area (Å²) in [5, 5.41) is 7.61. The molecule has 8 heteroatoms. The van der Waals surface area contributed by atoms with Crippen LogP contribution in [0.1, 0.15) is 5.82 Å². The van der Waals surface area contributed by atoms with Crippen LogP contribution in [0.4, 0.5) is 15.8 Å². The number of methoxy groups -OCH3 is 1. The van der Waals surface area contributed by atoms with Gasteiger partial charge in [0.1, 0.15) is 35.1 Å². The van der Waals surface area contributed by atoms with E-state index in [-0.39, 0.29) is 5.82 Å². The quantitative estimate of drug-likeness (QED) is 0.426. The number of ether oxygens (including phenoxy) is 1. The Bertz CT molecular complexity index is 1420. The minimum absolute atomic E-state index is 0.338. The van der Waals surface area contributed by atoms with Crippen molar-refractivity contribution in [3.8, 4) is 22.8 Å². The maximum absolute atomic E-state index is 14.5. The fourth-order valence-corrected chi connectivity index (χ4v) is 3.69. The summed E-state index contributed by atoms with van der Waals surface area (Å²) in [6.45, 7) is 1.84. The number of imidazole rings is 1. The van der Waals surface area contributed by atoms with Crippen molar-refractivity contribution in [3.63, 3.8) is 0 Å². The third-order valence-corrected chi connectivity index (χ3v) is 5.30. The zero-order valence-electron chi connectivity index (χ0n) is 17.9. The molecule has 7 nitrogen and oxygen atoms in total. The largest absolute Gasteiger partial charge is 0.497 e. The lowest BCUT2D eigenvalue weighted by Crippen LogP contribution is -1.97. The van der Waals surface area contributed by atoms with E-state index in [0.717, 1.165) is 28.5 Å². The highest BCUT2D eigenvalue weighted by Gasteiger charge is 2.15. The molecule has 0 radical (unpaired) electrons. The summed E-state index contributed by atoms with van der Waals surface area (Å²) >= 11 is 0. The van der Waals surface area contributed by atoms with E-state index < -0.39 is 0 Å². The molecule has 5 aromatic rings. The van der Waals surface area contributed by atoms with Gasteiger partial charge in [-0.05, 0) is 55.5 Å². The zero-order chi connectivity index (χ0) is 22.2. The van der Waals surface area contributed by atoms with Crippen LogP contribution in [-0.2, 0) is 7.05 Å². The monoisotopic (exact) mass is 428 g/mol. The molecule has 0 unspecified atom stereocenters. The van der Waals surface area contributed by atoms with Crippen molar-refractivity contribution in [1.82, 2.24) is 24.3 Å². The second-order valence-electron chi connectivity index (χ2n) is 7.46. The van der Waals surface area contributed by atoms with Crippen molar-refractivity contribution in [1.29, 1.82) is 0 Å². The van der Waals surface area contributed by atoms with E-state index in [1.165, 1.54) is 12.1 Å². The standard InChI is InChI=1S/C24H21FN6O/c1-15-26-14-31(29-15)19-9-7-18(8-10-19)27-21-12-17(25)13-22-23(21)28-24(30(22)2)16-5-4-6-20(11-16)32-3/h4-14,27H,1-3H3. The molecular formula is C24H21FN6O. The predicted molar refractivity (Wildman–Crippen MR) is 122 cm³/mol. The van der Waals surface area contributed by atoms with Gasteiger partial charge in [-0.25, -0.2) is 19.0 Å². The van der Waals surface area contributed by atoms with Gasteiger partial charge in [-0.3, -0.25) is 0 Å². The number of nitrogens with zero attached hydrogens (tertiary/aromatic N) is 5. The molecule has 0 aliphatic rings. The van der Waals surface area contributed by atoms with Crippen LogP contribution in [0.2, 0.25) is 0 Å². The Morgan fingerprint density at radius 1 is 1.03 bits per heavy atom. The number of rotatable bonds is 5. The Kier molecular flexibility index (Phi) is 4.82. The molecule has 2 aromatic heterocycles. The molecule has 0 saturated heterocycles. The summed E-state index contributed by atoms with van der Waals surface area (Å²) in [4.78, 5) is 8.97. The minimum atomic E-state index is -0.338. The Morgan fingerprint density at radius 3 is 2.56 bits per heavy atom. The topological polar surface area (TPSA) is 69.8 Å². The molecule has 32 heavy (non-hydrogen) atoms. The molecule has 0 fully saturated rings. The molecule has 0 saturated carbocycles. The van der Waals surface area contributed by atoms with Gasteiger partial charge in [0.2, 0.25) is 0 Å². The van der Waals surface area contributed by atoms with E-state index in [2.05, 4.69) is 15.4 Å². The lowest BCUT2D eigenvalue weighted by Gasteiger charge is -2.09. The summed E-state index contributed by atoms with van der Waals surface area (Å²) in [7, 11) is 3.50. The highest BCUT2D eigenvalue weighted by molar-refractivity contribution is 5.93. The maximum atomic E-state index is 14.5. The molecule has 0 amide bonds. The van der Waals surface area contributed by atoms with E-state index >= 15 is 0 Å². The number of nitrogens with one attached hydrogen (secondary N) is 1. The number of halogens is 1. The van der Waals surface area contributed by atoms with E-state index in [1.807, 2.05) is 67.1 Å². The maximum Gasteiger partial charge on any atom is 0.147 e. The van der Waals surface area contributed by atoms with Crippen LogP contribution in [0.5, 0.6) is 5.75 Å². The van der Waals surface area contributed by atoms with Gasteiger partial charge < -0.3 is 14.6 Å². The van der Waals surface area contributed by atoms with Gasteiger partial charge in [-0.2, -0.15) is 5.10 Å². The zero-order valence-corrected chi connectivity index (χ0v) is 17.9. The molecule has 3 aromatic carbocycles. The second-order valence-corrected chi connectivity index (χ2v) is 7.46. The average Bonchev–Trinajstić information content (AvgIpc) is 3.38. The first-order valence-electron chi connectivity index (χ1n) is 10.1. The fourth-order valence-electron chi connectivity index (χ4n) is 3.69. The molecule has 2 heterocycles. The molecule has 160 valence electrons. The van der Waals surface area contributed by atoms with Gasteiger partial charge >= 0.3 is 0 Å². The first-order valence-corrected chi connectivity index (χ1v) is 10.1. The first-order chi connectivity index (χ1) is 15.5. The molecule has 0 bridgehead atoms. The lowest BCUT2D eigenvalue weighted by molar-refractivity contribution is 0.415. The number of aryl methyl sites for hydroxylation is 2. The van der Waals surface area contributed by atoms with Crippen molar-refractivity contribution in [2.45, 2.75) is 6.92 Å². The van der Waals surface area contributed by atoms with Crippen LogP contribution >= 0.6 is 0 Å². The van der Waals surface area contributed by atoms with Gasteiger partial charge in [-0.15, -0.1) is 0 Å². The summed E-state index contributed by atoms with van der Waals surface area (Å²) in [5.74, 6) is 1.83. The normalized spacial score (nSPS) is 11.1. The number of aromatic nitrogens is 5. The summed E-state index contributed by atoms with van der Waals surface area (Å²) in [6, 6.07) is 18.3. The van der Waals surface area contributed by atoms with E-state index in [1.54, 1.807) is 18.1 Å².